The molecule has 0 spiro atoms. The molecule has 0 amide bonds. The van der Waals surface area contributed by atoms with Crippen LogP contribution in [0.2, 0.25) is 5.02 Å². The number of hydrogen-bond acceptors (Lipinski definition) is 4. The van der Waals surface area contributed by atoms with E-state index in [1.165, 1.54) is 24.3 Å². The SMILES string of the molecule is O=S(=O)(Oc1cccc2oc3ccc(Cl)cc3c12)C(F)(F)F. The smallest absolute Gasteiger partial charge is 0.456 e. The van der Waals surface area contributed by atoms with Gasteiger partial charge in [0, 0.05) is 10.4 Å². The van der Waals surface area contributed by atoms with Crippen molar-refractivity contribution in [3.63, 3.8) is 0 Å². The highest BCUT2D eigenvalue weighted by Crippen LogP contribution is 2.38. The zero-order chi connectivity index (χ0) is 16.1. The highest BCUT2D eigenvalue weighted by molar-refractivity contribution is 7.88. The minimum atomic E-state index is -5.77. The van der Waals surface area contributed by atoms with Crippen LogP contribution in [0.25, 0.3) is 21.9 Å². The summed E-state index contributed by atoms with van der Waals surface area (Å²) < 4.78 is 69.4. The quantitative estimate of drug-likeness (QED) is 0.505. The van der Waals surface area contributed by atoms with Gasteiger partial charge in [-0.3, -0.25) is 0 Å². The van der Waals surface area contributed by atoms with Crippen molar-refractivity contribution in [2.75, 3.05) is 0 Å². The molecule has 3 rings (SSSR count). The van der Waals surface area contributed by atoms with Gasteiger partial charge in [-0.15, -0.1) is 0 Å². The van der Waals surface area contributed by atoms with E-state index in [2.05, 4.69) is 4.18 Å². The van der Waals surface area contributed by atoms with Gasteiger partial charge in [0.1, 0.15) is 11.2 Å². The van der Waals surface area contributed by atoms with Crippen molar-refractivity contribution in [1.82, 2.24) is 0 Å². The molecule has 0 aliphatic carbocycles. The second-order valence-corrected chi connectivity index (χ2v) is 6.33. The summed E-state index contributed by atoms with van der Waals surface area (Å²) in [5, 5.41) is 0.784. The van der Waals surface area contributed by atoms with E-state index in [1.807, 2.05) is 0 Å². The Morgan fingerprint density at radius 1 is 1.09 bits per heavy atom. The molecule has 0 aliphatic heterocycles. The molecule has 1 heterocycles. The Morgan fingerprint density at radius 2 is 1.82 bits per heavy atom. The van der Waals surface area contributed by atoms with Crippen molar-refractivity contribution in [2.45, 2.75) is 5.51 Å². The van der Waals surface area contributed by atoms with Crippen LogP contribution in [-0.4, -0.2) is 13.9 Å². The fraction of sp³-hybridized carbons (Fsp3) is 0.0769. The van der Waals surface area contributed by atoms with E-state index in [1.54, 1.807) is 6.07 Å². The second kappa shape index (κ2) is 4.79. The Morgan fingerprint density at radius 3 is 2.50 bits per heavy atom. The summed E-state index contributed by atoms with van der Waals surface area (Å²) in [5.41, 5.74) is -4.99. The highest BCUT2D eigenvalue weighted by atomic mass is 35.5. The molecule has 0 unspecified atom stereocenters. The number of alkyl halides is 3. The third-order valence-electron chi connectivity index (χ3n) is 2.90. The van der Waals surface area contributed by atoms with E-state index in [9.17, 15) is 21.6 Å². The van der Waals surface area contributed by atoms with Crippen molar-refractivity contribution in [1.29, 1.82) is 0 Å². The summed E-state index contributed by atoms with van der Waals surface area (Å²) >= 11 is 5.85. The van der Waals surface area contributed by atoms with Crippen LogP contribution in [0.5, 0.6) is 5.75 Å². The zero-order valence-corrected chi connectivity index (χ0v) is 12.1. The van der Waals surface area contributed by atoms with Crippen LogP contribution in [0.15, 0.2) is 40.8 Å². The maximum Gasteiger partial charge on any atom is 0.534 e. The summed E-state index contributed by atoms with van der Waals surface area (Å²) in [4.78, 5) is 0. The largest absolute Gasteiger partial charge is 0.534 e. The molecule has 0 saturated carbocycles. The van der Waals surface area contributed by atoms with Crippen LogP contribution in [0.3, 0.4) is 0 Å². The monoisotopic (exact) mass is 350 g/mol. The molecular formula is C13H6ClF3O4S. The van der Waals surface area contributed by atoms with Gasteiger partial charge >= 0.3 is 15.6 Å². The third-order valence-corrected chi connectivity index (χ3v) is 4.10. The van der Waals surface area contributed by atoms with Gasteiger partial charge < -0.3 is 8.60 Å². The van der Waals surface area contributed by atoms with E-state index in [-0.39, 0.29) is 11.0 Å². The molecular weight excluding hydrogens is 345 g/mol. The molecule has 0 bridgehead atoms. The first-order chi connectivity index (χ1) is 10.2. The number of hydrogen-bond donors (Lipinski definition) is 0. The number of fused-ring (bicyclic) bond motifs is 3. The van der Waals surface area contributed by atoms with Crippen molar-refractivity contribution in [3.05, 3.63) is 41.4 Å². The molecule has 0 radical (unpaired) electrons. The molecule has 4 nitrogen and oxygen atoms in total. The van der Waals surface area contributed by atoms with Crippen LogP contribution in [0, 0.1) is 0 Å². The molecule has 2 aromatic carbocycles. The summed E-state index contributed by atoms with van der Waals surface area (Å²) in [7, 11) is -5.77. The average Bonchev–Trinajstić information content (AvgIpc) is 2.75. The lowest BCUT2D eigenvalue weighted by atomic mass is 10.1. The third kappa shape index (κ3) is 2.38. The van der Waals surface area contributed by atoms with Crippen LogP contribution in [-0.2, 0) is 10.1 Å². The van der Waals surface area contributed by atoms with Gasteiger partial charge in [0.05, 0.1) is 5.39 Å². The molecule has 0 fully saturated rings. The molecule has 0 atom stereocenters. The number of benzene rings is 2. The Hall–Kier alpha value is -1.93. The predicted octanol–water partition coefficient (Wildman–Crippen LogP) is 4.47. The first-order valence-electron chi connectivity index (χ1n) is 5.80. The number of halogens is 4. The maximum absolute atomic E-state index is 12.5. The molecule has 116 valence electrons. The molecule has 3 aromatic rings. The highest BCUT2D eigenvalue weighted by Gasteiger charge is 2.48. The second-order valence-electron chi connectivity index (χ2n) is 4.36. The van der Waals surface area contributed by atoms with Crippen molar-refractivity contribution >= 4 is 43.7 Å². The van der Waals surface area contributed by atoms with Gasteiger partial charge in [-0.2, -0.15) is 21.6 Å². The molecule has 9 heteroatoms. The van der Waals surface area contributed by atoms with E-state index in [4.69, 9.17) is 16.0 Å². The van der Waals surface area contributed by atoms with Crippen LogP contribution in [0.4, 0.5) is 13.2 Å². The topological polar surface area (TPSA) is 56.5 Å². The molecule has 0 N–H and O–H groups in total. The molecule has 0 aliphatic rings. The van der Waals surface area contributed by atoms with E-state index < -0.39 is 21.4 Å². The fourth-order valence-corrected chi connectivity index (χ4v) is 2.64. The van der Waals surface area contributed by atoms with Gasteiger partial charge in [-0.1, -0.05) is 17.7 Å². The summed E-state index contributed by atoms with van der Waals surface area (Å²) in [6, 6.07) is 8.44. The van der Waals surface area contributed by atoms with Gasteiger partial charge in [0.25, 0.3) is 0 Å². The van der Waals surface area contributed by atoms with E-state index in [0.717, 1.165) is 6.07 Å². The van der Waals surface area contributed by atoms with Gasteiger partial charge in [-0.25, -0.2) is 0 Å². The van der Waals surface area contributed by atoms with Gasteiger partial charge in [0.2, 0.25) is 0 Å². The average molecular weight is 351 g/mol. The lowest BCUT2D eigenvalue weighted by Gasteiger charge is -2.10. The van der Waals surface area contributed by atoms with Crippen LogP contribution in [0.1, 0.15) is 0 Å². The maximum atomic E-state index is 12.5. The zero-order valence-electron chi connectivity index (χ0n) is 10.5. The summed E-state index contributed by atoms with van der Waals surface area (Å²) in [6.45, 7) is 0. The fourth-order valence-electron chi connectivity index (χ4n) is 2.00. The Labute approximate surface area is 127 Å². The van der Waals surface area contributed by atoms with Crippen LogP contribution >= 0.6 is 11.6 Å². The normalized spacial score (nSPS) is 12.9. The first-order valence-corrected chi connectivity index (χ1v) is 7.59. The Balaban J connectivity index is 2.27. The van der Waals surface area contributed by atoms with E-state index >= 15 is 0 Å². The van der Waals surface area contributed by atoms with Crippen molar-refractivity contribution in [3.8, 4) is 5.75 Å². The molecule has 1 aromatic heterocycles. The summed E-state index contributed by atoms with van der Waals surface area (Å²) in [5.74, 6) is -0.476. The Bertz CT molecular complexity index is 976. The molecule has 0 saturated heterocycles. The van der Waals surface area contributed by atoms with Gasteiger partial charge in [0.15, 0.2) is 5.75 Å². The molecule has 22 heavy (non-hydrogen) atoms. The lowest BCUT2D eigenvalue weighted by Crippen LogP contribution is -2.28. The Kier molecular flexibility index (Phi) is 3.26. The van der Waals surface area contributed by atoms with Gasteiger partial charge in [-0.05, 0) is 30.3 Å². The minimum Gasteiger partial charge on any atom is -0.456 e. The number of rotatable bonds is 2. The lowest BCUT2D eigenvalue weighted by molar-refractivity contribution is -0.0499. The van der Waals surface area contributed by atoms with Crippen molar-refractivity contribution in [2.24, 2.45) is 0 Å². The summed E-state index contributed by atoms with van der Waals surface area (Å²) in [6.07, 6.45) is 0. The predicted molar refractivity (Wildman–Crippen MR) is 74.3 cm³/mol. The van der Waals surface area contributed by atoms with Crippen LogP contribution < -0.4 is 4.18 Å². The first kappa shape index (κ1) is 15.0. The van der Waals surface area contributed by atoms with E-state index in [0.29, 0.717) is 16.0 Å². The van der Waals surface area contributed by atoms with Crippen molar-refractivity contribution < 1.29 is 30.2 Å². The standard InChI is InChI=1S/C13H6ClF3O4S/c14-7-4-5-9-8(6-7)12-10(20-9)2-1-3-11(12)21-22(18,19)13(15,16)17/h1-6H. The minimum absolute atomic E-state index is 0.104. The number of furan rings is 1.